The van der Waals surface area contributed by atoms with E-state index in [1.165, 1.54) is 30.4 Å². The van der Waals surface area contributed by atoms with Gasteiger partial charge in [-0.3, -0.25) is 4.79 Å². The van der Waals surface area contributed by atoms with Crippen molar-refractivity contribution in [3.05, 3.63) is 95.1 Å². The first-order valence-corrected chi connectivity index (χ1v) is 15.7. The average Bonchev–Trinajstić information content (AvgIpc) is 3.03. The monoisotopic (exact) mass is 583 g/mol. The number of nitrogens with zero attached hydrogens (tertiary/aromatic N) is 3. The second-order valence-electron chi connectivity index (χ2n) is 11.9. The number of hydrogen-bond donors (Lipinski definition) is 2. The van der Waals surface area contributed by atoms with Crippen molar-refractivity contribution >= 4 is 17.6 Å². The van der Waals surface area contributed by atoms with Crippen LogP contribution in [-0.2, 0) is 17.8 Å². The highest BCUT2D eigenvalue weighted by atomic mass is 16.5. The number of hydrogen-bond acceptors (Lipinski definition) is 4. The van der Waals surface area contributed by atoms with Crippen LogP contribution in [0.3, 0.4) is 0 Å². The minimum atomic E-state index is -0.326. The van der Waals surface area contributed by atoms with Crippen molar-refractivity contribution in [3.8, 4) is 5.75 Å². The van der Waals surface area contributed by atoms with Gasteiger partial charge in [0.1, 0.15) is 5.75 Å². The second-order valence-corrected chi connectivity index (χ2v) is 11.9. The maximum atomic E-state index is 12.0. The summed E-state index contributed by atoms with van der Waals surface area (Å²) in [6.45, 7) is 4.76. The quantitative estimate of drug-likeness (QED) is 0.179. The molecule has 1 aliphatic rings. The fourth-order valence-corrected chi connectivity index (χ4v) is 5.65. The van der Waals surface area contributed by atoms with Crippen molar-refractivity contribution in [3.63, 3.8) is 0 Å². The Balaban J connectivity index is 1.61. The normalized spacial score (nSPS) is 14.9. The first-order valence-electron chi connectivity index (χ1n) is 15.7. The van der Waals surface area contributed by atoms with Gasteiger partial charge in [-0.2, -0.15) is 0 Å². The first-order chi connectivity index (χ1) is 20.8. The van der Waals surface area contributed by atoms with E-state index in [1.54, 1.807) is 7.11 Å². The number of carbonyl (C=O) groups excluding carboxylic acids is 1. The first kappa shape index (κ1) is 32.1. The molecule has 7 heteroatoms. The van der Waals surface area contributed by atoms with Crippen molar-refractivity contribution < 1.29 is 9.53 Å². The molecule has 4 rings (SSSR count). The fourth-order valence-electron chi connectivity index (χ4n) is 5.65. The molecule has 0 radical (unpaired) electrons. The number of likely N-dealkylation sites (N-methyl/N-ethyl adjacent to an activating group) is 1. The summed E-state index contributed by atoms with van der Waals surface area (Å²) in [6.07, 6.45) is 7.31. The Morgan fingerprint density at radius 1 is 0.907 bits per heavy atom. The zero-order chi connectivity index (χ0) is 30.6. The number of amides is 1. The third-order valence-corrected chi connectivity index (χ3v) is 8.29. The van der Waals surface area contributed by atoms with Crippen LogP contribution in [0, 0.1) is 0 Å². The molecule has 1 fully saturated rings. The van der Waals surface area contributed by atoms with Gasteiger partial charge in [-0.1, -0.05) is 74.7 Å². The van der Waals surface area contributed by atoms with Crippen LogP contribution in [0.4, 0.5) is 5.69 Å². The summed E-state index contributed by atoms with van der Waals surface area (Å²) in [7, 11) is 5.88. The van der Waals surface area contributed by atoms with Gasteiger partial charge < -0.3 is 25.6 Å². The number of benzene rings is 3. The Morgan fingerprint density at radius 2 is 1.51 bits per heavy atom. The lowest BCUT2D eigenvalue weighted by Gasteiger charge is -2.30. The van der Waals surface area contributed by atoms with Gasteiger partial charge in [0.2, 0.25) is 5.91 Å². The van der Waals surface area contributed by atoms with Gasteiger partial charge in [0.15, 0.2) is 5.96 Å². The largest absolute Gasteiger partial charge is 0.497 e. The van der Waals surface area contributed by atoms with Crippen LogP contribution in [0.5, 0.6) is 5.75 Å². The van der Waals surface area contributed by atoms with Crippen molar-refractivity contribution in [1.29, 1.82) is 0 Å². The third-order valence-electron chi connectivity index (χ3n) is 8.29. The Morgan fingerprint density at radius 3 is 2.07 bits per heavy atom. The number of nitrogens with two attached hydrogens (primary N) is 1. The minimum absolute atomic E-state index is 0.129. The Kier molecular flexibility index (Phi) is 12.0. The van der Waals surface area contributed by atoms with E-state index in [0.29, 0.717) is 6.04 Å². The van der Waals surface area contributed by atoms with Gasteiger partial charge >= 0.3 is 0 Å². The number of carbonyl (C=O) groups is 1. The van der Waals surface area contributed by atoms with E-state index in [0.717, 1.165) is 67.4 Å². The molecular weight excluding hydrogens is 534 g/mol. The molecule has 1 atom stereocenters. The molecule has 0 bridgehead atoms. The lowest BCUT2D eigenvalue weighted by Crippen LogP contribution is -2.41. The van der Waals surface area contributed by atoms with E-state index in [4.69, 9.17) is 15.5 Å². The van der Waals surface area contributed by atoms with Gasteiger partial charge in [0.05, 0.1) is 13.2 Å². The fraction of sp³-hybridized carbons (Fsp3) is 0.444. The molecule has 0 spiro atoms. The smallest absolute Gasteiger partial charge is 0.218 e. The Hall–Kier alpha value is -3.84. The van der Waals surface area contributed by atoms with Crippen molar-refractivity contribution in [1.82, 2.24) is 9.80 Å². The van der Waals surface area contributed by atoms with Crippen LogP contribution in [0.25, 0.3) is 0 Å². The van der Waals surface area contributed by atoms with Crippen molar-refractivity contribution in [2.45, 2.75) is 70.4 Å². The Bertz CT molecular complexity index is 1300. The predicted molar refractivity (Wildman–Crippen MR) is 178 cm³/mol. The van der Waals surface area contributed by atoms with Crippen LogP contribution >= 0.6 is 0 Å². The Labute approximate surface area is 258 Å². The molecule has 230 valence electrons. The summed E-state index contributed by atoms with van der Waals surface area (Å²) < 4.78 is 5.32. The highest BCUT2D eigenvalue weighted by molar-refractivity contribution is 5.94. The SMILES string of the molecule is CCc1ccc(CN(CCN(C)C)C(=NC2CCCCC2)Nc2ccc(C(CC(N)=O)c3ccc(OC)cc3)cc2)cc1. The number of ether oxygens (including phenoxy) is 1. The maximum Gasteiger partial charge on any atom is 0.218 e. The van der Waals surface area contributed by atoms with Gasteiger partial charge in [0, 0.05) is 37.7 Å². The molecular formula is C36H49N5O2. The second kappa shape index (κ2) is 16.1. The number of primary amides is 1. The molecule has 3 N–H and O–H groups in total. The van der Waals surface area contributed by atoms with E-state index in [1.807, 2.05) is 24.3 Å². The number of nitrogens with one attached hydrogen (secondary N) is 1. The topological polar surface area (TPSA) is 83.2 Å². The minimum Gasteiger partial charge on any atom is -0.497 e. The van der Waals surface area contributed by atoms with Gasteiger partial charge in [-0.15, -0.1) is 0 Å². The van der Waals surface area contributed by atoms with E-state index in [2.05, 4.69) is 84.7 Å². The number of anilines is 1. The number of aliphatic imine (C=N–C) groups is 1. The van der Waals surface area contributed by atoms with E-state index >= 15 is 0 Å². The zero-order valence-electron chi connectivity index (χ0n) is 26.4. The summed E-state index contributed by atoms with van der Waals surface area (Å²) in [5.41, 5.74) is 11.3. The lowest BCUT2D eigenvalue weighted by atomic mass is 9.88. The summed E-state index contributed by atoms with van der Waals surface area (Å²) in [5.74, 6) is 1.25. The van der Waals surface area contributed by atoms with E-state index in [9.17, 15) is 4.79 Å². The molecule has 0 aliphatic heterocycles. The highest BCUT2D eigenvalue weighted by Gasteiger charge is 2.20. The summed E-state index contributed by atoms with van der Waals surface area (Å²) in [4.78, 5) is 22.0. The molecule has 1 aliphatic carbocycles. The molecule has 0 aromatic heterocycles. The van der Waals surface area contributed by atoms with Crippen LogP contribution < -0.4 is 15.8 Å². The lowest BCUT2D eigenvalue weighted by molar-refractivity contribution is -0.118. The highest BCUT2D eigenvalue weighted by Crippen LogP contribution is 2.30. The molecule has 43 heavy (non-hydrogen) atoms. The van der Waals surface area contributed by atoms with Crippen LogP contribution in [0.2, 0.25) is 0 Å². The van der Waals surface area contributed by atoms with Gasteiger partial charge in [-0.25, -0.2) is 4.99 Å². The van der Waals surface area contributed by atoms with Gasteiger partial charge in [-0.05, 0) is 79.9 Å². The third kappa shape index (κ3) is 9.85. The number of guanidine groups is 1. The predicted octanol–water partition coefficient (Wildman–Crippen LogP) is 6.43. The number of aryl methyl sites for hydroxylation is 1. The number of rotatable bonds is 13. The molecule has 1 amide bonds. The molecule has 3 aromatic carbocycles. The summed E-state index contributed by atoms with van der Waals surface area (Å²) in [6, 6.07) is 25.5. The molecule has 1 unspecified atom stereocenters. The van der Waals surface area contributed by atoms with E-state index < -0.39 is 0 Å². The summed E-state index contributed by atoms with van der Waals surface area (Å²) >= 11 is 0. The average molecular weight is 584 g/mol. The zero-order valence-corrected chi connectivity index (χ0v) is 26.4. The molecule has 3 aromatic rings. The van der Waals surface area contributed by atoms with Crippen LogP contribution in [0.15, 0.2) is 77.8 Å². The van der Waals surface area contributed by atoms with Crippen molar-refractivity contribution in [2.75, 3.05) is 39.6 Å². The number of methoxy groups -OCH3 is 1. The van der Waals surface area contributed by atoms with Crippen LogP contribution in [-0.4, -0.2) is 62.0 Å². The maximum absolute atomic E-state index is 12.0. The van der Waals surface area contributed by atoms with Crippen molar-refractivity contribution in [2.24, 2.45) is 10.7 Å². The van der Waals surface area contributed by atoms with E-state index in [-0.39, 0.29) is 18.2 Å². The molecule has 7 nitrogen and oxygen atoms in total. The molecule has 0 saturated heterocycles. The van der Waals surface area contributed by atoms with Gasteiger partial charge in [0.25, 0.3) is 0 Å². The van der Waals surface area contributed by atoms with Crippen LogP contribution in [0.1, 0.15) is 73.6 Å². The summed E-state index contributed by atoms with van der Waals surface area (Å²) in [5, 5.41) is 3.70. The molecule has 0 heterocycles. The molecule has 1 saturated carbocycles. The standard InChI is InChI=1S/C36H49N5O2/c1-5-27-11-13-28(14-12-27)26-41(24-23-40(2)3)36(38-31-9-7-6-8-10-31)39-32-19-15-29(16-20-32)34(25-35(37)42)30-17-21-33(43-4)22-18-30/h11-22,31,34H,5-10,23-26H2,1-4H3,(H2,37,42)(H,38,39).